The molecule has 0 radical (unpaired) electrons. The van der Waals surface area contributed by atoms with E-state index in [1.54, 1.807) is 13.0 Å². The monoisotopic (exact) mass is 283 g/mol. The highest BCUT2D eigenvalue weighted by molar-refractivity contribution is 5.29. The summed E-state index contributed by atoms with van der Waals surface area (Å²) in [5.74, 6) is -0.174. The number of nitrogens with one attached hydrogen (secondary N) is 1. The first-order valence-corrected chi connectivity index (χ1v) is 7.09. The summed E-state index contributed by atoms with van der Waals surface area (Å²) in [5, 5.41) is 13.3. The molecule has 0 saturated carbocycles. The Hall–Kier alpha value is -1.13. The Morgan fingerprint density at radius 3 is 2.45 bits per heavy atom. The van der Waals surface area contributed by atoms with Crippen LogP contribution in [0.15, 0.2) is 18.2 Å². The van der Waals surface area contributed by atoms with E-state index >= 15 is 0 Å². The van der Waals surface area contributed by atoms with Crippen molar-refractivity contribution < 1.29 is 14.2 Å². The van der Waals surface area contributed by atoms with E-state index in [2.05, 4.69) is 5.32 Å². The van der Waals surface area contributed by atoms with Crippen LogP contribution in [-0.2, 0) is 6.54 Å². The smallest absolute Gasteiger partial charge is 0.165 e. The van der Waals surface area contributed by atoms with Crippen molar-refractivity contribution >= 4 is 0 Å². The summed E-state index contributed by atoms with van der Waals surface area (Å²) in [6.45, 7) is 10.3. The summed E-state index contributed by atoms with van der Waals surface area (Å²) in [5.41, 5.74) is -0.0937. The lowest BCUT2D eigenvalue weighted by Gasteiger charge is -2.27. The van der Waals surface area contributed by atoms with Gasteiger partial charge in [-0.2, -0.15) is 0 Å². The Morgan fingerprint density at radius 1 is 1.30 bits per heavy atom. The summed E-state index contributed by atoms with van der Waals surface area (Å²) in [6.07, 6.45) is 0. The largest absolute Gasteiger partial charge is 0.488 e. The van der Waals surface area contributed by atoms with Crippen LogP contribution in [0.3, 0.4) is 0 Å². The van der Waals surface area contributed by atoms with Gasteiger partial charge >= 0.3 is 0 Å². The maximum absolute atomic E-state index is 13.9. The molecule has 0 saturated heterocycles. The molecule has 1 unspecified atom stereocenters. The SMILES string of the molecule is CC(C)NCc1ccc(OCC(C)(O)C(C)C)c(F)c1. The topological polar surface area (TPSA) is 41.5 Å². The van der Waals surface area contributed by atoms with Crippen LogP contribution in [0.2, 0.25) is 0 Å². The zero-order chi connectivity index (χ0) is 15.3. The van der Waals surface area contributed by atoms with Gasteiger partial charge in [0.1, 0.15) is 6.61 Å². The molecule has 1 atom stereocenters. The van der Waals surface area contributed by atoms with Crippen molar-refractivity contribution in [3.8, 4) is 5.75 Å². The summed E-state index contributed by atoms with van der Waals surface area (Å²) in [7, 11) is 0. The molecule has 0 fully saturated rings. The Bertz CT molecular complexity index is 430. The first-order valence-electron chi connectivity index (χ1n) is 7.09. The predicted octanol–water partition coefficient (Wildman–Crippen LogP) is 3.11. The minimum absolute atomic E-state index is 0.0417. The van der Waals surface area contributed by atoms with Crippen molar-refractivity contribution in [2.24, 2.45) is 5.92 Å². The fourth-order valence-corrected chi connectivity index (χ4v) is 1.48. The molecule has 4 heteroatoms. The molecule has 0 aliphatic rings. The number of halogens is 1. The van der Waals surface area contributed by atoms with Gasteiger partial charge in [-0.3, -0.25) is 0 Å². The van der Waals surface area contributed by atoms with E-state index in [1.165, 1.54) is 6.07 Å². The number of ether oxygens (including phenoxy) is 1. The van der Waals surface area contributed by atoms with E-state index in [-0.39, 0.29) is 18.3 Å². The lowest BCUT2D eigenvalue weighted by atomic mass is 9.94. The van der Waals surface area contributed by atoms with Gasteiger partial charge in [-0.25, -0.2) is 4.39 Å². The van der Waals surface area contributed by atoms with Crippen LogP contribution < -0.4 is 10.1 Å². The minimum atomic E-state index is -0.968. The van der Waals surface area contributed by atoms with Gasteiger partial charge in [0, 0.05) is 12.6 Å². The molecule has 1 rings (SSSR count). The lowest BCUT2D eigenvalue weighted by molar-refractivity contribution is -0.0275. The standard InChI is InChI=1S/C16H26FNO2/c1-11(2)16(5,19)10-20-15-7-6-13(8-14(15)17)9-18-12(3)4/h6-8,11-12,18-19H,9-10H2,1-5H3. The van der Waals surface area contributed by atoms with Crippen molar-refractivity contribution in [2.45, 2.75) is 52.8 Å². The summed E-state index contributed by atoms with van der Waals surface area (Å²) in [6, 6.07) is 5.27. The highest BCUT2D eigenvalue weighted by atomic mass is 19.1. The molecule has 1 aromatic carbocycles. The zero-order valence-corrected chi connectivity index (χ0v) is 13.0. The molecule has 2 N–H and O–H groups in total. The number of benzene rings is 1. The first-order chi connectivity index (χ1) is 9.22. The lowest BCUT2D eigenvalue weighted by Crippen LogP contribution is -2.37. The fourth-order valence-electron chi connectivity index (χ4n) is 1.48. The van der Waals surface area contributed by atoms with Gasteiger partial charge in [-0.05, 0) is 30.5 Å². The van der Waals surface area contributed by atoms with Gasteiger partial charge in [-0.1, -0.05) is 33.8 Å². The number of aliphatic hydroxyl groups is 1. The van der Waals surface area contributed by atoms with Gasteiger partial charge in [0.25, 0.3) is 0 Å². The second kappa shape index (κ2) is 7.04. The summed E-state index contributed by atoms with van der Waals surface area (Å²) < 4.78 is 19.3. The Morgan fingerprint density at radius 2 is 1.95 bits per heavy atom. The molecule has 0 amide bonds. The zero-order valence-electron chi connectivity index (χ0n) is 13.0. The van der Waals surface area contributed by atoms with E-state index in [4.69, 9.17) is 4.74 Å². The van der Waals surface area contributed by atoms with Crippen LogP contribution in [0.25, 0.3) is 0 Å². The molecular formula is C16H26FNO2. The maximum Gasteiger partial charge on any atom is 0.165 e. The molecule has 0 spiro atoms. The molecule has 0 heterocycles. The second-order valence-corrected chi connectivity index (χ2v) is 6.10. The predicted molar refractivity (Wildman–Crippen MR) is 79.3 cm³/mol. The highest BCUT2D eigenvalue weighted by Crippen LogP contribution is 2.22. The van der Waals surface area contributed by atoms with Gasteiger partial charge in [0.2, 0.25) is 0 Å². The summed E-state index contributed by atoms with van der Waals surface area (Å²) >= 11 is 0. The molecular weight excluding hydrogens is 257 g/mol. The van der Waals surface area contributed by atoms with Crippen molar-refractivity contribution in [2.75, 3.05) is 6.61 Å². The number of hydrogen-bond donors (Lipinski definition) is 2. The van der Waals surface area contributed by atoms with Gasteiger partial charge in [-0.15, -0.1) is 0 Å². The minimum Gasteiger partial charge on any atom is -0.488 e. The number of rotatable bonds is 7. The van der Waals surface area contributed by atoms with Crippen LogP contribution in [-0.4, -0.2) is 23.4 Å². The van der Waals surface area contributed by atoms with Crippen LogP contribution in [0.1, 0.15) is 40.2 Å². The second-order valence-electron chi connectivity index (χ2n) is 6.10. The third kappa shape index (κ3) is 5.10. The van der Waals surface area contributed by atoms with Crippen LogP contribution in [0, 0.1) is 11.7 Å². The van der Waals surface area contributed by atoms with E-state index in [0.29, 0.717) is 12.6 Å². The van der Waals surface area contributed by atoms with E-state index in [9.17, 15) is 9.50 Å². The average molecular weight is 283 g/mol. The van der Waals surface area contributed by atoms with Crippen LogP contribution in [0.4, 0.5) is 4.39 Å². The molecule has 0 aliphatic carbocycles. The number of hydrogen-bond acceptors (Lipinski definition) is 3. The quantitative estimate of drug-likeness (QED) is 0.808. The van der Waals surface area contributed by atoms with Crippen molar-refractivity contribution in [3.63, 3.8) is 0 Å². The summed E-state index contributed by atoms with van der Waals surface area (Å²) in [4.78, 5) is 0. The van der Waals surface area contributed by atoms with Gasteiger partial charge < -0.3 is 15.2 Å². The Labute approximate surface area is 121 Å². The molecule has 3 nitrogen and oxygen atoms in total. The average Bonchev–Trinajstić information content (AvgIpc) is 2.35. The highest BCUT2D eigenvalue weighted by Gasteiger charge is 2.26. The van der Waals surface area contributed by atoms with Crippen molar-refractivity contribution in [1.82, 2.24) is 5.32 Å². The molecule has 0 aliphatic heterocycles. The fraction of sp³-hybridized carbons (Fsp3) is 0.625. The van der Waals surface area contributed by atoms with Crippen molar-refractivity contribution in [1.29, 1.82) is 0 Å². The van der Waals surface area contributed by atoms with Crippen LogP contribution in [0.5, 0.6) is 5.75 Å². The molecule has 114 valence electrons. The van der Waals surface area contributed by atoms with Crippen LogP contribution >= 0.6 is 0 Å². The maximum atomic E-state index is 13.9. The molecule has 0 bridgehead atoms. The van der Waals surface area contributed by atoms with Gasteiger partial charge in [0.05, 0.1) is 5.60 Å². The Balaban J connectivity index is 2.64. The van der Waals surface area contributed by atoms with E-state index in [0.717, 1.165) is 5.56 Å². The van der Waals surface area contributed by atoms with E-state index in [1.807, 2.05) is 33.8 Å². The van der Waals surface area contributed by atoms with E-state index < -0.39 is 11.4 Å². The molecule has 20 heavy (non-hydrogen) atoms. The first kappa shape index (κ1) is 16.9. The van der Waals surface area contributed by atoms with Crippen molar-refractivity contribution in [3.05, 3.63) is 29.6 Å². The van der Waals surface area contributed by atoms with Gasteiger partial charge in [0.15, 0.2) is 11.6 Å². The Kier molecular flexibility index (Phi) is 5.96. The molecule has 1 aromatic rings. The third-order valence-corrected chi connectivity index (χ3v) is 3.47. The normalized spacial score (nSPS) is 14.7. The third-order valence-electron chi connectivity index (χ3n) is 3.47. The molecule has 0 aromatic heterocycles.